The van der Waals surface area contributed by atoms with Crippen LogP contribution in [0.4, 0.5) is 4.39 Å². The predicted molar refractivity (Wildman–Crippen MR) is 95.1 cm³/mol. The summed E-state index contributed by atoms with van der Waals surface area (Å²) in [6.45, 7) is 4.66. The number of hydrogen-bond acceptors (Lipinski definition) is 4. The van der Waals surface area contributed by atoms with Gasteiger partial charge in [-0.3, -0.25) is 4.79 Å². The average Bonchev–Trinajstić information content (AvgIpc) is 2.98. The van der Waals surface area contributed by atoms with Gasteiger partial charge in [-0.2, -0.15) is 0 Å². The van der Waals surface area contributed by atoms with Crippen molar-refractivity contribution in [2.45, 2.75) is 32.9 Å². The minimum atomic E-state index is -0.349. The summed E-state index contributed by atoms with van der Waals surface area (Å²) in [5, 5.41) is 2.81. The van der Waals surface area contributed by atoms with Gasteiger partial charge in [0.1, 0.15) is 29.2 Å². The van der Waals surface area contributed by atoms with Crippen LogP contribution in [0.3, 0.4) is 0 Å². The topological polar surface area (TPSA) is 56.8 Å². The molecule has 26 heavy (non-hydrogen) atoms. The zero-order valence-corrected chi connectivity index (χ0v) is 14.9. The van der Waals surface area contributed by atoms with Crippen molar-refractivity contribution in [2.24, 2.45) is 0 Å². The number of carbonyl (C=O) groups excluding carboxylic acids is 1. The third-order valence-electron chi connectivity index (χ3n) is 4.04. The first kappa shape index (κ1) is 18.0. The Morgan fingerprint density at radius 2 is 2.04 bits per heavy atom. The van der Waals surface area contributed by atoms with Gasteiger partial charge in [-0.05, 0) is 50.2 Å². The summed E-state index contributed by atoms with van der Waals surface area (Å²) in [5.74, 6) is 1.41. The van der Waals surface area contributed by atoms with Gasteiger partial charge in [0.2, 0.25) is 0 Å². The van der Waals surface area contributed by atoms with Crippen molar-refractivity contribution in [3.63, 3.8) is 0 Å². The number of nitrogens with one attached hydrogen (secondary N) is 1. The summed E-state index contributed by atoms with van der Waals surface area (Å²) in [5.41, 5.74) is 1.98. The van der Waals surface area contributed by atoms with Crippen LogP contribution in [0.1, 0.15) is 25.0 Å². The lowest BCUT2D eigenvalue weighted by molar-refractivity contribution is -0.123. The van der Waals surface area contributed by atoms with Gasteiger partial charge in [-0.1, -0.05) is 0 Å². The third-order valence-corrected chi connectivity index (χ3v) is 4.04. The quantitative estimate of drug-likeness (QED) is 0.825. The number of halogens is 1. The third kappa shape index (κ3) is 4.45. The number of rotatable bonds is 7. The largest absolute Gasteiger partial charge is 0.494 e. The van der Waals surface area contributed by atoms with E-state index in [2.05, 4.69) is 5.32 Å². The van der Waals surface area contributed by atoms with E-state index in [9.17, 15) is 9.18 Å². The van der Waals surface area contributed by atoms with Crippen LogP contribution in [0, 0.1) is 5.82 Å². The Morgan fingerprint density at radius 3 is 2.77 bits per heavy atom. The standard InChI is InChI=1S/C20H22FNO4/c1-3-24-18-9-14-8-13(2)26-19(14)10-15(18)11-22-20(23)12-25-17-6-4-16(21)5-7-17/h4-7,9-10,13H,3,8,11-12H2,1-2H3,(H,22,23)/t13-/m1/s1. The number of benzene rings is 2. The molecule has 5 nitrogen and oxygen atoms in total. The lowest BCUT2D eigenvalue weighted by Gasteiger charge is -2.13. The van der Waals surface area contributed by atoms with Crippen LogP contribution in [0.25, 0.3) is 0 Å². The molecule has 138 valence electrons. The summed E-state index contributed by atoms with van der Waals surface area (Å²) in [6, 6.07) is 9.44. The van der Waals surface area contributed by atoms with Gasteiger partial charge in [0, 0.05) is 24.1 Å². The first-order valence-corrected chi connectivity index (χ1v) is 8.65. The van der Waals surface area contributed by atoms with Crippen molar-refractivity contribution in [2.75, 3.05) is 13.2 Å². The van der Waals surface area contributed by atoms with Crippen molar-refractivity contribution in [1.82, 2.24) is 5.32 Å². The zero-order chi connectivity index (χ0) is 18.5. The SMILES string of the molecule is CCOc1cc2c(cc1CNC(=O)COc1ccc(F)cc1)O[C@H](C)C2. The maximum absolute atomic E-state index is 12.9. The van der Waals surface area contributed by atoms with Crippen LogP contribution in [0.5, 0.6) is 17.2 Å². The number of hydrogen-bond donors (Lipinski definition) is 1. The number of fused-ring (bicyclic) bond motifs is 1. The van der Waals surface area contributed by atoms with E-state index in [0.29, 0.717) is 18.9 Å². The van der Waals surface area contributed by atoms with E-state index >= 15 is 0 Å². The Balaban J connectivity index is 1.58. The van der Waals surface area contributed by atoms with E-state index in [1.54, 1.807) is 0 Å². The molecule has 0 unspecified atom stereocenters. The van der Waals surface area contributed by atoms with Crippen molar-refractivity contribution >= 4 is 5.91 Å². The summed E-state index contributed by atoms with van der Waals surface area (Å²) < 4.78 is 29.7. The van der Waals surface area contributed by atoms with Crippen LogP contribution in [-0.4, -0.2) is 25.2 Å². The highest BCUT2D eigenvalue weighted by atomic mass is 19.1. The predicted octanol–water partition coefficient (Wildman–Crippen LogP) is 3.24. The van der Waals surface area contributed by atoms with Gasteiger partial charge in [-0.25, -0.2) is 4.39 Å². The monoisotopic (exact) mass is 359 g/mol. The molecule has 0 spiro atoms. The maximum atomic E-state index is 12.9. The molecule has 1 atom stereocenters. The summed E-state index contributed by atoms with van der Waals surface area (Å²) >= 11 is 0. The highest BCUT2D eigenvalue weighted by Gasteiger charge is 2.22. The molecule has 0 aromatic heterocycles. The molecule has 2 aromatic carbocycles. The summed E-state index contributed by atoms with van der Waals surface area (Å²) in [4.78, 5) is 12.0. The molecule has 0 saturated heterocycles. The molecule has 0 radical (unpaired) electrons. The van der Waals surface area contributed by atoms with Crippen LogP contribution in [0.2, 0.25) is 0 Å². The second-order valence-corrected chi connectivity index (χ2v) is 6.15. The summed E-state index contributed by atoms with van der Waals surface area (Å²) in [6.07, 6.45) is 1.00. The molecular weight excluding hydrogens is 337 g/mol. The van der Waals surface area contributed by atoms with Gasteiger partial charge in [0.25, 0.3) is 5.91 Å². The van der Waals surface area contributed by atoms with Crippen LogP contribution < -0.4 is 19.5 Å². The van der Waals surface area contributed by atoms with Crippen LogP contribution in [-0.2, 0) is 17.8 Å². The van der Waals surface area contributed by atoms with Gasteiger partial charge in [0.15, 0.2) is 6.61 Å². The fourth-order valence-electron chi connectivity index (χ4n) is 2.83. The molecule has 3 rings (SSSR count). The fraction of sp³-hybridized carbons (Fsp3) is 0.350. The zero-order valence-electron chi connectivity index (χ0n) is 14.9. The van der Waals surface area contributed by atoms with Gasteiger partial charge < -0.3 is 19.5 Å². The molecule has 0 fully saturated rings. The first-order chi connectivity index (χ1) is 12.5. The molecule has 0 saturated carbocycles. The Kier molecular flexibility index (Phi) is 5.61. The lowest BCUT2D eigenvalue weighted by Crippen LogP contribution is -2.28. The van der Waals surface area contributed by atoms with E-state index in [1.807, 2.05) is 26.0 Å². The molecule has 0 bridgehead atoms. The van der Waals surface area contributed by atoms with Gasteiger partial charge >= 0.3 is 0 Å². The van der Waals surface area contributed by atoms with E-state index in [-0.39, 0.29) is 24.4 Å². The molecule has 1 aliphatic heterocycles. The van der Waals surface area contributed by atoms with E-state index in [1.165, 1.54) is 24.3 Å². The lowest BCUT2D eigenvalue weighted by atomic mass is 10.1. The summed E-state index contributed by atoms with van der Waals surface area (Å²) in [7, 11) is 0. The molecule has 6 heteroatoms. The normalized spacial score (nSPS) is 15.1. The average molecular weight is 359 g/mol. The molecular formula is C20H22FNO4. The first-order valence-electron chi connectivity index (χ1n) is 8.65. The number of ether oxygens (including phenoxy) is 3. The van der Waals surface area contributed by atoms with E-state index in [4.69, 9.17) is 14.2 Å². The maximum Gasteiger partial charge on any atom is 0.258 e. The van der Waals surface area contributed by atoms with Crippen molar-refractivity contribution in [1.29, 1.82) is 0 Å². The smallest absolute Gasteiger partial charge is 0.258 e. The molecule has 1 heterocycles. The second-order valence-electron chi connectivity index (χ2n) is 6.15. The Hall–Kier alpha value is -2.76. The van der Waals surface area contributed by atoms with E-state index in [0.717, 1.165) is 29.0 Å². The molecule has 1 aliphatic rings. The van der Waals surface area contributed by atoms with Crippen molar-refractivity contribution < 1.29 is 23.4 Å². The second kappa shape index (κ2) is 8.08. The Bertz CT molecular complexity index is 776. The number of amides is 1. The molecule has 1 N–H and O–H groups in total. The van der Waals surface area contributed by atoms with Crippen LogP contribution >= 0.6 is 0 Å². The Labute approximate surface area is 152 Å². The highest BCUT2D eigenvalue weighted by molar-refractivity contribution is 5.77. The highest BCUT2D eigenvalue weighted by Crippen LogP contribution is 2.35. The van der Waals surface area contributed by atoms with Gasteiger partial charge in [0.05, 0.1) is 6.61 Å². The minimum absolute atomic E-state index is 0.145. The fourth-order valence-corrected chi connectivity index (χ4v) is 2.83. The van der Waals surface area contributed by atoms with Crippen LogP contribution in [0.15, 0.2) is 36.4 Å². The number of carbonyl (C=O) groups is 1. The molecule has 0 aliphatic carbocycles. The van der Waals surface area contributed by atoms with Gasteiger partial charge in [-0.15, -0.1) is 0 Å². The van der Waals surface area contributed by atoms with Crippen molar-refractivity contribution in [3.8, 4) is 17.2 Å². The molecule has 1 amide bonds. The van der Waals surface area contributed by atoms with Crippen molar-refractivity contribution in [3.05, 3.63) is 53.3 Å². The minimum Gasteiger partial charge on any atom is -0.494 e. The van der Waals surface area contributed by atoms with E-state index < -0.39 is 0 Å². The Morgan fingerprint density at radius 1 is 1.27 bits per heavy atom. The molecule has 2 aromatic rings.